The monoisotopic (exact) mass is 316 g/mol. The Morgan fingerprint density at radius 1 is 1.24 bits per heavy atom. The summed E-state index contributed by atoms with van der Waals surface area (Å²) in [5, 5.41) is 10.8. The van der Waals surface area contributed by atoms with E-state index in [2.05, 4.69) is 0 Å². The first-order valence-corrected chi connectivity index (χ1v) is 7.75. The molecular weight excluding hydrogens is 296 g/mol. The van der Waals surface area contributed by atoms with Crippen LogP contribution in [0, 0.1) is 10.1 Å². The molecule has 0 saturated heterocycles. The third-order valence-electron chi connectivity index (χ3n) is 2.99. The van der Waals surface area contributed by atoms with Crippen LogP contribution < -0.4 is 5.73 Å². The highest BCUT2D eigenvalue weighted by atomic mass is 32.2. The molecule has 2 N–H and O–H groups in total. The Bertz CT molecular complexity index is 616. The molecule has 0 radical (unpaired) electrons. The first-order valence-electron chi connectivity index (χ1n) is 6.31. The SMILES string of the molecule is CN(C)CCCN(C)S(=O)(=O)c1ccc(N)c([N+](=O)[O-])c1. The Balaban J connectivity index is 2.97. The van der Waals surface area contributed by atoms with Crippen LogP contribution in [-0.4, -0.2) is 56.8 Å². The minimum absolute atomic E-state index is 0.0609. The lowest BCUT2D eigenvalue weighted by Crippen LogP contribution is -2.30. The van der Waals surface area contributed by atoms with Crippen molar-refractivity contribution in [3.63, 3.8) is 0 Å². The molecule has 9 heteroatoms. The first-order chi connectivity index (χ1) is 9.66. The Hall–Kier alpha value is -1.71. The number of nitro groups is 1. The van der Waals surface area contributed by atoms with Gasteiger partial charge in [-0.25, -0.2) is 12.7 Å². The molecule has 0 spiro atoms. The molecule has 0 amide bonds. The molecule has 0 fully saturated rings. The van der Waals surface area contributed by atoms with Gasteiger partial charge in [0, 0.05) is 19.7 Å². The number of sulfonamides is 1. The number of nitrogens with two attached hydrogens (primary N) is 1. The highest BCUT2D eigenvalue weighted by Crippen LogP contribution is 2.26. The molecule has 0 heterocycles. The van der Waals surface area contributed by atoms with Crippen LogP contribution in [0.1, 0.15) is 6.42 Å². The van der Waals surface area contributed by atoms with Gasteiger partial charge in [-0.1, -0.05) is 0 Å². The van der Waals surface area contributed by atoms with E-state index in [0.717, 1.165) is 12.6 Å². The van der Waals surface area contributed by atoms with Crippen molar-refractivity contribution in [2.24, 2.45) is 0 Å². The molecule has 21 heavy (non-hydrogen) atoms. The molecule has 0 aliphatic heterocycles. The smallest absolute Gasteiger partial charge is 0.293 e. The van der Waals surface area contributed by atoms with Gasteiger partial charge in [-0.05, 0) is 39.2 Å². The van der Waals surface area contributed by atoms with E-state index in [0.29, 0.717) is 13.0 Å². The topological polar surface area (TPSA) is 110 Å². The minimum atomic E-state index is -3.75. The van der Waals surface area contributed by atoms with Crippen molar-refractivity contribution in [1.29, 1.82) is 0 Å². The molecule has 0 aliphatic carbocycles. The van der Waals surface area contributed by atoms with Crippen molar-refractivity contribution in [2.45, 2.75) is 11.3 Å². The van der Waals surface area contributed by atoms with Gasteiger partial charge in [0.05, 0.1) is 9.82 Å². The lowest BCUT2D eigenvalue weighted by atomic mass is 10.3. The van der Waals surface area contributed by atoms with Crippen LogP contribution in [0.15, 0.2) is 23.1 Å². The lowest BCUT2D eigenvalue weighted by Gasteiger charge is -2.18. The predicted molar refractivity (Wildman–Crippen MR) is 80.5 cm³/mol. The molecule has 118 valence electrons. The second-order valence-corrected chi connectivity index (χ2v) is 7.01. The summed E-state index contributed by atoms with van der Waals surface area (Å²) in [6.07, 6.45) is 0.666. The van der Waals surface area contributed by atoms with E-state index in [-0.39, 0.29) is 10.6 Å². The standard InChI is InChI=1S/C12H20N4O4S/c1-14(2)7-4-8-15(3)21(19,20)10-5-6-11(13)12(9-10)16(17)18/h5-6,9H,4,7-8,13H2,1-3H3. The highest BCUT2D eigenvalue weighted by molar-refractivity contribution is 7.89. The largest absolute Gasteiger partial charge is 0.393 e. The Morgan fingerprint density at radius 2 is 1.86 bits per heavy atom. The van der Waals surface area contributed by atoms with E-state index in [1.807, 2.05) is 19.0 Å². The fraction of sp³-hybridized carbons (Fsp3) is 0.500. The number of hydrogen-bond acceptors (Lipinski definition) is 6. The van der Waals surface area contributed by atoms with Crippen molar-refractivity contribution < 1.29 is 13.3 Å². The summed E-state index contributed by atoms with van der Waals surface area (Å²) in [7, 11) is 1.50. The minimum Gasteiger partial charge on any atom is -0.393 e. The first kappa shape index (κ1) is 17.3. The van der Waals surface area contributed by atoms with E-state index in [4.69, 9.17) is 5.73 Å². The van der Waals surface area contributed by atoms with Crippen molar-refractivity contribution in [1.82, 2.24) is 9.21 Å². The van der Waals surface area contributed by atoms with Gasteiger partial charge < -0.3 is 10.6 Å². The van der Waals surface area contributed by atoms with Gasteiger partial charge in [0.15, 0.2) is 0 Å². The van der Waals surface area contributed by atoms with Crippen molar-refractivity contribution in [3.8, 4) is 0 Å². The highest BCUT2D eigenvalue weighted by Gasteiger charge is 2.24. The molecule has 0 aromatic heterocycles. The van der Waals surface area contributed by atoms with E-state index >= 15 is 0 Å². The number of benzene rings is 1. The summed E-state index contributed by atoms with van der Waals surface area (Å²) in [6, 6.07) is 3.51. The van der Waals surface area contributed by atoms with E-state index < -0.39 is 20.6 Å². The number of anilines is 1. The van der Waals surface area contributed by atoms with Gasteiger partial charge in [-0.3, -0.25) is 10.1 Å². The number of hydrogen-bond donors (Lipinski definition) is 1. The summed E-state index contributed by atoms with van der Waals surface area (Å²) in [6.45, 7) is 1.08. The molecule has 1 aromatic rings. The van der Waals surface area contributed by atoms with Gasteiger partial charge in [-0.15, -0.1) is 0 Å². The summed E-state index contributed by atoms with van der Waals surface area (Å²) in [5.41, 5.74) is 5.00. The molecule has 0 unspecified atom stereocenters. The maximum atomic E-state index is 12.3. The van der Waals surface area contributed by atoms with E-state index in [1.54, 1.807) is 0 Å². The van der Waals surface area contributed by atoms with Gasteiger partial charge in [0.1, 0.15) is 5.69 Å². The Kier molecular flexibility index (Phi) is 5.64. The third kappa shape index (κ3) is 4.38. The van der Waals surface area contributed by atoms with Gasteiger partial charge in [0.25, 0.3) is 5.69 Å². The van der Waals surface area contributed by atoms with Crippen molar-refractivity contribution >= 4 is 21.4 Å². The maximum absolute atomic E-state index is 12.3. The van der Waals surface area contributed by atoms with Gasteiger partial charge >= 0.3 is 0 Å². The van der Waals surface area contributed by atoms with Crippen LogP contribution in [0.4, 0.5) is 11.4 Å². The maximum Gasteiger partial charge on any atom is 0.293 e. The van der Waals surface area contributed by atoms with Crippen LogP contribution in [0.5, 0.6) is 0 Å². The van der Waals surface area contributed by atoms with Crippen molar-refractivity contribution in [3.05, 3.63) is 28.3 Å². The van der Waals surface area contributed by atoms with Crippen LogP contribution in [-0.2, 0) is 10.0 Å². The quantitative estimate of drug-likeness (QED) is 0.451. The third-order valence-corrected chi connectivity index (χ3v) is 4.84. The number of nitro benzene ring substituents is 1. The van der Waals surface area contributed by atoms with E-state index in [1.165, 1.54) is 23.5 Å². The molecule has 0 saturated carbocycles. The summed E-state index contributed by atoms with van der Waals surface area (Å²) in [5.74, 6) is 0. The summed E-state index contributed by atoms with van der Waals surface area (Å²) >= 11 is 0. The van der Waals surface area contributed by atoms with Crippen LogP contribution in [0.25, 0.3) is 0 Å². The molecule has 1 rings (SSSR count). The zero-order valence-corrected chi connectivity index (χ0v) is 13.1. The number of rotatable bonds is 7. The van der Waals surface area contributed by atoms with Crippen molar-refractivity contribution in [2.75, 3.05) is 40.0 Å². The van der Waals surface area contributed by atoms with Gasteiger partial charge in [-0.2, -0.15) is 0 Å². The fourth-order valence-corrected chi connectivity index (χ4v) is 2.98. The van der Waals surface area contributed by atoms with Crippen LogP contribution in [0.2, 0.25) is 0 Å². The van der Waals surface area contributed by atoms with E-state index in [9.17, 15) is 18.5 Å². The number of nitrogens with zero attached hydrogens (tertiary/aromatic N) is 3. The normalized spacial score (nSPS) is 12.0. The van der Waals surface area contributed by atoms with Crippen LogP contribution in [0.3, 0.4) is 0 Å². The molecule has 1 aromatic carbocycles. The molecule has 0 atom stereocenters. The summed E-state index contributed by atoms with van der Waals surface area (Å²) in [4.78, 5) is 12.0. The van der Waals surface area contributed by atoms with Crippen LogP contribution >= 0.6 is 0 Å². The average Bonchev–Trinajstić information content (AvgIpc) is 2.37. The predicted octanol–water partition coefficient (Wildman–Crippen LogP) is 0.749. The molecular formula is C12H20N4O4S. The Labute approximate surface area is 124 Å². The molecule has 0 aliphatic rings. The number of nitrogen functional groups attached to an aromatic ring is 1. The second-order valence-electron chi connectivity index (χ2n) is 4.96. The molecule has 0 bridgehead atoms. The second kappa shape index (κ2) is 6.83. The zero-order chi connectivity index (χ0) is 16.2. The zero-order valence-electron chi connectivity index (χ0n) is 12.3. The fourth-order valence-electron chi connectivity index (χ4n) is 1.75. The summed E-state index contributed by atoms with van der Waals surface area (Å²) < 4.78 is 25.9. The molecule has 8 nitrogen and oxygen atoms in total. The van der Waals surface area contributed by atoms with Gasteiger partial charge in [0.2, 0.25) is 10.0 Å². The lowest BCUT2D eigenvalue weighted by molar-refractivity contribution is -0.384. The average molecular weight is 316 g/mol. The Morgan fingerprint density at radius 3 is 2.38 bits per heavy atom.